The number of carbonyl (C=O) groups is 2. The van der Waals surface area contributed by atoms with Crippen LogP contribution in [0, 0.1) is 0 Å². The number of allylic oxidation sites excluding steroid dienone is 1. The molecule has 0 saturated carbocycles. The minimum absolute atomic E-state index is 0.174. The number of nitrogens with zero attached hydrogens (tertiary/aromatic N) is 1. The molecule has 2 aromatic rings. The van der Waals surface area contributed by atoms with E-state index in [0.717, 1.165) is 11.8 Å². The summed E-state index contributed by atoms with van der Waals surface area (Å²) in [5.74, 6) is -0.231. The van der Waals surface area contributed by atoms with Crippen LogP contribution in [0.3, 0.4) is 0 Å². The molecule has 0 aliphatic carbocycles. The molecule has 1 aliphatic rings. The number of carboxylic acids is 1. The van der Waals surface area contributed by atoms with E-state index >= 15 is 0 Å². The number of aliphatic carboxylic acids is 1. The third kappa shape index (κ3) is 5.58. The number of rotatable bonds is 8. The number of ether oxygens (including phenoxy) is 3. The molecule has 3 N–H and O–H groups in total. The zero-order valence-electron chi connectivity index (χ0n) is 18.7. The lowest BCUT2D eigenvalue weighted by Crippen LogP contribution is -2.32. The summed E-state index contributed by atoms with van der Waals surface area (Å²) in [5, 5.41) is 15.4. The first-order valence-electron chi connectivity index (χ1n) is 9.94. The van der Waals surface area contributed by atoms with Gasteiger partial charge in [-0.15, -0.1) is 0 Å². The van der Waals surface area contributed by atoms with E-state index in [1.54, 1.807) is 31.2 Å². The fraction of sp³-hybridized carbons (Fsp3) is 0.261. The first-order valence-corrected chi connectivity index (χ1v) is 10.9. The van der Waals surface area contributed by atoms with Crippen molar-refractivity contribution >= 4 is 34.5 Å². The Bertz CT molecular complexity index is 1080. The van der Waals surface area contributed by atoms with Crippen LogP contribution >= 0.6 is 11.8 Å². The number of nitrogens with one attached hydrogen (secondary N) is 2. The SMILES string of the molecule is COc1cc([C@H]2N=C(SCC(=O)O)NC(C)=C2C(=O)Nc2ccccc2)cc(OC)c1OC. The Morgan fingerprint density at radius 3 is 2.27 bits per heavy atom. The molecule has 0 unspecified atom stereocenters. The van der Waals surface area contributed by atoms with Crippen LogP contribution in [0.5, 0.6) is 17.2 Å². The predicted molar refractivity (Wildman–Crippen MR) is 127 cm³/mol. The van der Waals surface area contributed by atoms with Gasteiger partial charge in [0.1, 0.15) is 6.04 Å². The molecule has 3 rings (SSSR count). The Hall–Kier alpha value is -3.66. The van der Waals surface area contributed by atoms with E-state index in [4.69, 9.17) is 19.3 Å². The fourth-order valence-electron chi connectivity index (χ4n) is 3.37. The molecule has 1 aliphatic heterocycles. The van der Waals surface area contributed by atoms with Gasteiger partial charge in [-0.1, -0.05) is 30.0 Å². The van der Waals surface area contributed by atoms with Crippen molar-refractivity contribution in [3.05, 3.63) is 59.3 Å². The first kappa shape index (κ1) is 24.0. The van der Waals surface area contributed by atoms with Crippen LogP contribution in [0.4, 0.5) is 5.69 Å². The van der Waals surface area contributed by atoms with E-state index in [9.17, 15) is 9.59 Å². The quantitative estimate of drug-likeness (QED) is 0.536. The molecule has 0 saturated heterocycles. The Labute approximate surface area is 195 Å². The van der Waals surface area contributed by atoms with Crippen molar-refractivity contribution in [3.63, 3.8) is 0 Å². The fourth-order valence-corrected chi connectivity index (χ4v) is 4.03. The van der Waals surface area contributed by atoms with Crippen LogP contribution < -0.4 is 24.8 Å². The zero-order chi connectivity index (χ0) is 24.0. The first-order chi connectivity index (χ1) is 15.9. The number of thioether (sulfide) groups is 1. The number of hydrogen-bond donors (Lipinski definition) is 3. The number of benzene rings is 2. The molecular formula is C23H25N3O6S. The monoisotopic (exact) mass is 471 g/mol. The van der Waals surface area contributed by atoms with Crippen LogP contribution in [0.1, 0.15) is 18.5 Å². The Morgan fingerprint density at radius 1 is 1.09 bits per heavy atom. The maximum absolute atomic E-state index is 13.3. The smallest absolute Gasteiger partial charge is 0.313 e. The molecule has 0 aromatic heterocycles. The summed E-state index contributed by atoms with van der Waals surface area (Å²) in [4.78, 5) is 29.0. The molecule has 2 aromatic carbocycles. The van der Waals surface area contributed by atoms with Gasteiger partial charge in [-0.2, -0.15) is 0 Å². The minimum atomic E-state index is -0.969. The van der Waals surface area contributed by atoms with Gasteiger partial charge in [-0.25, -0.2) is 4.99 Å². The normalized spacial score (nSPS) is 15.3. The van der Waals surface area contributed by atoms with Crippen LogP contribution in [0.25, 0.3) is 0 Å². The van der Waals surface area contributed by atoms with Crippen LogP contribution in [0.2, 0.25) is 0 Å². The molecule has 9 nitrogen and oxygen atoms in total. The van der Waals surface area contributed by atoms with Gasteiger partial charge in [0, 0.05) is 11.4 Å². The number of methoxy groups -OCH3 is 3. The molecule has 1 heterocycles. The van der Waals surface area contributed by atoms with E-state index in [1.165, 1.54) is 21.3 Å². The number of carbonyl (C=O) groups excluding carboxylic acids is 1. The average Bonchev–Trinajstić information content (AvgIpc) is 2.81. The molecule has 33 heavy (non-hydrogen) atoms. The Balaban J connectivity index is 2.07. The summed E-state index contributed by atoms with van der Waals surface area (Å²) < 4.78 is 16.3. The summed E-state index contributed by atoms with van der Waals surface area (Å²) in [6, 6.07) is 11.8. The standard InChI is InChI=1S/C23H25N3O6S/c1-13-19(22(29)25-15-8-6-5-7-9-15)20(26-23(24-13)33-12-18(27)28)14-10-16(30-2)21(32-4)17(11-14)31-3/h5-11,20H,12H2,1-4H3,(H,24,26)(H,25,29)(H,27,28)/t20-/m1/s1. The second-order valence-corrected chi connectivity index (χ2v) is 7.93. The number of hydrogen-bond acceptors (Lipinski definition) is 8. The summed E-state index contributed by atoms with van der Waals surface area (Å²) in [6.45, 7) is 1.75. The van der Waals surface area contributed by atoms with Gasteiger partial charge >= 0.3 is 5.97 Å². The number of aliphatic imine (C=N–C) groups is 1. The molecule has 1 amide bonds. The van der Waals surface area contributed by atoms with Gasteiger partial charge in [0.25, 0.3) is 5.91 Å². The van der Waals surface area contributed by atoms with Crippen molar-refractivity contribution in [1.82, 2.24) is 5.32 Å². The van der Waals surface area contributed by atoms with E-state index in [2.05, 4.69) is 15.6 Å². The molecule has 1 atom stereocenters. The maximum Gasteiger partial charge on any atom is 0.313 e. The molecular weight excluding hydrogens is 446 g/mol. The van der Waals surface area contributed by atoms with Gasteiger partial charge in [0.05, 0.1) is 32.7 Å². The van der Waals surface area contributed by atoms with Crippen molar-refractivity contribution in [3.8, 4) is 17.2 Å². The van der Waals surface area contributed by atoms with E-state index in [1.807, 2.05) is 18.2 Å². The van der Waals surface area contributed by atoms with Gasteiger partial charge in [0.2, 0.25) is 5.75 Å². The van der Waals surface area contributed by atoms with Crippen molar-refractivity contribution in [1.29, 1.82) is 0 Å². The summed E-state index contributed by atoms with van der Waals surface area (Å²) >= 11 is 1.04. The molecule has 0 fully saturated rings. The maximum atomic E-state index is 13.3. The van der Waals surface area contributed by atoms with E-state index in [-0.39, 0.29) is 11.7 Å². The van der Waals surface area contributed by atoms with Gasteiger partial charge in [0.15, 0.2) is 16.7 Å². The van der Waals surface area contributed by atoms with Crippen molar-refractivity contribution in [2.75, 3.05) is 32.4 Å². The molecule has 10 heteroatoms. The molecule has 0 radical (unpaired) electrons. The van der Waals surface area contributed by atoms with Crippen molar-refractivity contribution < 1.29 is 28.9 Å². The van der Waals surface area contributed by atoms with Crippen LogP contribution in [0.15, 0.2) is 58.7 Å². The third-order valence-corrected chi connectivity index (χ3v) is 5.70. The highest BCUT2D eigenvalue weighted by Crippen LogP contribution is 2.43. The van der Waals surface area contributed by atoms with Gasteiger partial charge in [-0.3, -0.25) is 9.59 Å². The summed E-state index contributed by atoms with van der Waals surface area (Å²) in [5.41, 5.74) is 2.20. The highest BCUT2D eigenvalue weighted by molar-refractivity contribution is 8.14. The molecule has 174 valence electrons. The highest BCUT2D eigenvalue weighted by atomic mass is 32.2. The third-order valence-electron chi connectivity index (χ3n) is 4.83. The Kier molecular flexibility index (Phi) is 7.83. The van der Waals surface area contributed by atoms with Crippen molar-refractivity contribution in [2.45, 2.75) is 13.0 Å². The summed E-state index contributed by atoms with van der Waals surface area (Å²) in [7, 11) is 4.52. The van der Waals surface area contributed by atoms with E-state index < -0.39 is 12.0 Å². The topological polar surface area (TPSA) is 118 Å². The number of para-hydroxylation sites is 1. The highest BCUT2D eigenvalue weighted by Gasteiger charge is 2.31. The summed E-state index contributed by atoms with van der Waals surface area (Å²) in [6.07, 6.45) is 0. The number of carboxylic acid groups (broad SMARTS) is 1. The zero-order valence-corrected chi connectivity index (χ0v) is 19.5. The van der Waals surface area contributed by atoms with Gasteiger partial charge in [-0.05, 0) is 36.8 Å². The second-order valence-electron chi connectivity index (χ2n) is 6.96. The number of amides is 1. The van der Waals surface area contributed by atoms with Crippen LogP contribution in [-0.2, 0) is 9.59 Å². The minimum Gasteiger partial charge on any atom is -0.493 e. The van der Waals surface area contributed by atoms with Crippen LogP contribution in [-0.4, -0.2) is 49.2 Å². The molecule has 0 spiro atoms. The van der Waals surface area contributed by atoms with Gasteiger partial charge < -0.3 is 30.0 Å². The number of amidine groups is 1. The lowest BCUT2D eigenvalue weighted by molar-refractivity contribution is -0.133. The lowest BCUT2D eigenvalue weighted by Gasteiger charge is -2.27. The predicted octanol–water partition coefficient (Wildman–Crippen LogP) is 3.44. The lowest BCUT2D eigenvalue weighted by atomic mass is 9.95. The average molecular weight is 472 g/mol. The Morgan fingerprint density at radius 2 is 1.73 bits per heavy atom. The van der Waals surface area contributed by atoms with E-state index in [0.29, 0.717) is 44.9 Å². The molecule has 0 bridgehead atoms. The number of anilines is 1. The second kappa shape index (κ2) is 10.8. The van der Waals surface area contributed by atoms with Crippen molar-refractivity contribution in [2.24, 2.45) is 4.99 Å². The largest absolute Gasteiger partial charge is 0.493 e.